The molecule has 2 rings (SSSR count). The van der Waals surface area contributed by atoms with Crippen LogP contribution in [0.25, 0.3) is 11.1 Å². The molecule has 0 atom stereocenters. The van der Waals surface area contributed by atoms with Gasteiger partial charge in [0.05, 0.1) is 11.1 Å². The summed E-state index contributed by atoms with van der Waals surface area (Å²) in [4.78, 5) is 11.0. The standard InChI is InChI=1S/C22H28BrFO2/c1-7-10-26-21-16(14(4)18(24)12-25)11-17-15(13(2)3)8-9-22(5,6)19(17)20(21)23/h8,11-13H,7,9-10H2,1-6H3. The molecule has 2 nitrogen and oxygen atoms in total. The number of carbonyl (C=O) groups excluding carboxylic acids is 1. The lowest BCUT2D eigenvalue weighted by Gasteiger charge is -2.36. The maximum atomic E-state index is 14.1. The van der Waals surface area contributed by atoms with E-state index in [4.69, 9.17) is 4.74 Å². The zero-order valence-electron chi connectivity index (χ0n) is 16.5. The number of fused-ring (bicyclic) bond motifs is 1. The van der Waals surface area contributed by atoms with Crippen molar-refractivity contribution in [2.45, 2.75) is 59.8 Å². The lowest BCUT2D eigenvalue weighted by molar-refractivity contribution is -0.106. The highest BCUT2D eigenvalue weighted by Gasteiger charge is 2.34. The Kier molecular flexibility index (Phi) is 6.49. The van der Waals surface area contributed by atoms with Crippen LogP contribution in [0, 0.1) is 5.92 Å². The Morgan fingerprint density at radius 3 is 2.62 bits per heavy atom. The third-order valence-corrected chi connectivity index (χ3v) is 5.74. The number of benzene rings is 1. The molecule has 0 N–H and O–H groups in total. The number of halogens is 2. The number of ether oxygens (including phenoxy) is 1. The van der Waals surface area contributed by atoms with E-state index in [0.717, 1.165) is 22.9 Å². The van der Waals surface area contributed by atoms with Gasteiger partial charge in [0.1, 0.15) is 5.75 Å². The van der Waals surface area contributed by atoms with Crippen LogP contribution in [0.5, 0.6) is 5.75 Å². The maximum absolute atomic E-state index is 14.1. The number of hydrogen-bond donors (Lipinski definition) is 0. The minimum absolute atomic E-state index is 0.0593. The number of aldehydes is 1. The molecule has 0 spiro atoms. The Balaban J connectivity index is 2.86. The molecule has 0 aliphatic heterocycles. The van der Waals surface area contributed by atoms with Gasteiger partial charge in [-0.15, -0.1) is 0 Å². The Labute approximate surface area is 164 Å². The topological polar surface area (TPSA) is 26.3 Å². The van der Waals surface area contributed by atoms with Gasteiger partial charge >= 0.3 is 0 Å². The van der Waals surface area contributed by atoms with E-state index in [1.807, 2.05) is 13.0 Å². The molecule has 0 saturated carbocycles. The van der Waals surface area contributed by atoms with Gasteiger partial charge in [0.15, 0.2) is 12.1 Å². The zero-order chi connectivity index (χ0) is 19.6. The van der Waals surface area contributed by atoms with Crippen molar-refractivity contribution in [2.24, 2.45) is 5.92 Å². The molecule has 0 heterocycles. The predicted molar refractivity (Wildman–Crippen MR) is 110 cm³/mol. The van der Waals surface area contributed by atoms with E-state index in [-0.39, 0.29) is 11.7 Å². The summed E-state index contributed by atoms with van der Waals surface area (Å²) in [5, 5.41) is 0. The molecular weight excluding hydrogens is 395 g/mol. The second-order valence-corrected chi connectivity index (χ2v) is 8.62. The predicted octanol–water partition coefficient (Wildman–Crippen LogP) is 6.86. The molecule has 1 aromatic carbocycles. The van der Waals surface area contributed by atoms with Crippen molar-refractivity contribution in [2.75, 3.05) is 6.61 Å². The van der Waals surface area contributed by atoms with Crippen molar-refractivity contribution in [3.05, 3.63) is 39.1 Å². The second-order valence-electron chi connectivity index (χ2n) is 7.83. The van der Waals surface area contributed by atoms with Crippen molar-refractivity contribution >= 4 is 33.4 Å². The van der Waals surface area contributed by atoms with Gasteiger partial charge in [0.25, 0.3) is 0 Å². The molecule has 1 aromatic rings. The normalized spacial score (nSPS) is 16.7. The number of hydrogen-bond acceptors (Lipinski definition) is 2. The molecule has 1 aliphatic rings. The highest BCUT2D eigenvalue weighted by Crippen LogP contribution is 2.50. The van der Waals surface area contributed by atoms with Crippen LogP contribution in [0.2, 0.25) is 0 Å². The van der Waals surface area contributed by atoms with Crippen LogP contribution in [0.3, 0.4) is 0 Å². The van der Waals surface area contributed by atoms with Crippen LogP contribution in [0.15, 0.2) is 22.4 Å². The largest absolute Gasteiger partial charge is 0.492 e. The lowest BCUT2D eigenvalue weighted by atomic mass is 9.70. The van der Waals surface area contributed by atoms with Gasteiger partial charge in [0.2, 0.25) is 0 Å². The van der Waals surface area contributed by atoms with Crippen molar-refractivity contribution < 1.29 is 13.9 Å². The van der Waals surface area contributed by atoms with Crippen LogP contribution >= 0.6 is 15.9 Å². The highest BCUT2D eigenvalue weighted by molar-refractivity contribution is 9.10. The van der Waals surface area contributed by atoms with E-state index in [9.17, 15) is 9.18 Å². The average molecular weight is 423 g/mol. The van der Waals surface area contributed by atoms with Crippen LogP contribution in [-0.2, 0) is 10.2 Å². The van der Waals surface area contributed by atoms with Gasteiger partial charge in [-0.3, -0.25) is 4.79 Å². The van der Waals surface area contributed by atoms with Gasteiger partial charge in [-0.1, -0.05) is 40.7 Å². The van der Waals surface area contributed by atoms with E-state index in [1.54, 1.807) is 6.92 Å². The summed E-state index contributed by atoms with van der Waals surface area (Å²) >= 11 is 3.75. The van der Waals surface area contributed by atoms with Crippen molar-refractivity contribution in [3.8, 4) is 5.75 Å². The molecule has 0 saturated heterocycles. The molecule has 142 valence electrons. The van der Waals surface area contributed by atoms with Crippen LogP contribution in [-0.4, -0.2) is 12.9 Å². The lowest BCUT2D eigenvalue weighted by Crippen LogP contribution is -2.24. The SMILES string of the molecule is CCCOc1c(C(C)=C(F)C=O)cc2c(c1Br)C(C)(C)CC=C2C(C)C. The third kappa shape index (κ3) is 3.80. The fourth-order valence-corrected chi connectivity index (χ4v) is 4.56. The minimum atomic E-state index is -0.761. The molecule has 0 unspecified atom stereocenters. The monoisotopic (exact) mass is 422 g/mol. The number of carbonyl (C=O) groups is 1. The summed E-state index contributed by atoms with van der Waals surface area (Å²) in [5.41, 5.74) is 4.44. The first-order valence-electron chi connectivity index (χ1n) is 9.17. The third-order valence-electron chi connectivity index (χ3n) is 4.98. The van der Waals surface area contributed by atoms with Crippen LogP contribution in [0.4, 0.5) is 4.39 Å². The molecule has 4 heteroatoms. The van der Waals surface area contributed by atoms with E-state index < -0.39 is 5.83 Å². The van der Waals surface area contributed by atoms with E-state index in [0.29, 0.717) is 29.4 Å². The highest BCUT2D eigenvalue weighted by atomic mass is 79.9. The molecular formula is C22H28BrFO2. The molecule has 1 aliphatic carbocycles. The molecule has 0 radical (unpaired) electrons. The molecule has 26 heavy (non-hydrogen) atoms. The summed E-state index contributed by atoms with van der Waals surface area (Å²) < 4.78 is 21.0. The second kappa shape index (κ2) is 8.08. The van der Waals surface area contributed by atoms with Gasteiger partial charge in [-0.05, 0) is 75.4 Å². The average Bonchev–Trinajstić information content (AvgIpc) is 2.58. The Morgan fingerprint density at radius 1 is 1.42 bits per heavy atom. The van der Waals surface area contributed by atoms with Crippen LogP contribution < -0.4 is 4.74 Å². The Morgan fingerprint density at radius 2 is 2.08 bits per heavy atom. The first-order valence-corrected chi connectivity index (χ1v) is 9.97. The Hall–Kier alpha value is -1.42. The Bertz CT molecular complexity index is 773. The first kappa shape index (κ1) is 20.9. The molecule has 0 aromatic heterocycles. The zero-order valence-corrected chi connectivity index (χ0v) is 18.1. The van der Waals surface area contributed by atoms with Crippen LogP contribution in [0.1, 0.15) is 71.1 Å². The minimum Gasteiger partial charge on any atom is -0.492 e. The summed E-state index contributed by atoms with van der Waals surface area (Å²) in [6.45, 7) is 12.9. The van der Waals surface area contributed by atoms with E-state index in [2.05, 4.69) is 49.7 Å². The maximum Gasteiger partial charge on any atom is 0.178 e. The van der Waals surface area contributed by atoms with Gasteiger partial charge < -0.3 is 4.74 Å². The van der Waals surface area contributed by atoms with Crippen molar-refractivity contribution in [1.29, 1.82) is 0 Å². The van der Waals surface area contributed by atoms with E-state index in [1.165, 1.54) is 11.1 Å². The smallest absolute Gasteiger partial charge is 0.178 e. The number of allylic oxidation sites excluding steroid dienone is 4. The van der Waals surface area contributed by atoms with Gasteiger partial charge in [-0.2, -0.15) is 0 Å². The molecule has 0 fully saturated rings. The first-order chi connectivity index (χ1) is 12.2. The van der Waals surface area contributed by atoms with Gasteiger partial charge in [0, 0.05) is 5.56 Å². The summed E-state index contributed by atoms with van der Waals surface area (Å²) in [6.07, 6.45) is 4.33. The summed E-state index contributed by atoms with van der Waals surface area (Å²) in [7, 11) is 0. The van der Waals surface area contributed by atoms with E-state index >= 15 is 0 Å². The quantitative estimate of drug-likeness (QED) is 0.369. The molecule has 0 amide bonds. The van der Waals surface area contributed by atoms with Crippen molar-refractivity contribution in [3.63, 3.8) is 0 Å². The van der Waals surface area contributed by atoms with Gasteiger partial charge in [-0.25, -0.2) is 4.39 Å². The fourth-order valence-electron chi connectivity index (χ4n) is 3.49. The number of rotatable bonds is 6. The van der Waals surface area contributed by atoms with Crippen molar-refractivity contribution in [1.82, 2.24) is 0 Å². The fraction of sp³-hybridized carbons (Fsp3) is 0.500. The summed E-state index contributed by atoms with van der Waals surface area (Å²) in [5.74, 6) is 0.216. The molecule has 0 bridgehead atoms. The summed E-state index contributed by atoms with van der Waals surface area (Å²) in [6, 6.07) is 2.00.